The Morgan fingerprint density at radius 1 is 0.517 bits per heavy atom. The Morgan fingerprint density at radius 2 is 0.897 bits per heavy atom. The molecule has 3 heterocycles. The summed E-state index contributed by atoms with van der Waals surface area (Å²) < 4.78 is 110. The molecular weight excluding hydrogens is 1710 g/mol. The summed E-state index contributed by atoms with van der Waals surface area (Å²) in [7, 11) is 6.67. The largest absolute Gasteiger partial charge is 0.504 e. The highest BCUT2D eigenvalue weighted by Gasteiger charge is 2.27. The van der Waals surface area contributed by atoms with Gasteiger partial charge in [0.2, 0.25) is 0 Å². The number of benzene rings is 6. The summed E-state index contributed by atoms with van der Waals surface area (Å²) in [6.07, 6.45) is 2.82. The van der Waals surface area contributed by atoms with E-state index in [1.165, 1.54) is 113 Å². The average molecular weight is 1810 g/mol. The number of methoxy groups -OCH3 is 5. The molecule has 0 aliphatic rings. The van der Waals surface area contributed by atoms with Gasteiger partial charge >= 0.3 is 15.1 Å². The van der Waals surface area contributed by atoms with Gasteiger partial charge in [0.1, 0.15) is 58.8 Å². The lowest BCUT2D eigenvalue weighted by Gasteiger charge is -2.18. The lowest BCUT2D eigenvalue weighted by atomic mass is 9.94. The Morgan fingerprint density at radius 3 is 1.27 bits per heavy atom. The number of hydrogen-bond acceptors (Lipinski definition) is 17. The van der Waals surface area contributed by atoms with E-state index in [4.69, 9.17) is 25.4 Å². The number of nitrogens with zero attached hydrogens (tertiary/aromatic N) is 5. The maximum atomic E-state index is 14.3. The third kappa shape index (κ3) is 31.2. The van der Waals surface area contributed by atoms with Gasteiger partial charge in [0.05, 0.1) is 57.8 Å². The van der Waals surface area contributed by atoms with Crippen molar-refractivity contribution in [3.63, 3.8) is 0 Å². The first-order valence-corrected chi connectivity index (χ1v) is 39.5. The number of Topliss-reactive ketones (excluding diaryl/α,β-unsaturated/α-hetero) is 2. The fourth-order valence-electron chi connectivity index (χ4n) is 11.5. The van der Waals surface area contributed by atoms with Crippen LogP contribution in [0, 0.1) is 90.7 Å². The minimum Gasteiger partial charge on any atom is -0.504 e. The fraction of sp³-hybridized carbons (Fsp3) is 0.376. The van der Waals surface area contributed by atoms with Gasteiger partial charge in [-0.25, -0.2) is 41.3 Å². The monoisotopic (exact) mass is 1800 g/mol. The number of nitrogen functional groups attached to an aromatic ring is 1. The minimum absolute atomic E-state index is 0.0185. The van der Waals surface area contributed by atoms with Gasteiger partial charge in [-0.2, -0.15) is 0 Å². The maximum Gasteiger partial charge on any atom is 0.369 e. The molecule has 3 aromatic heterocycles. The molecule has 116 heavy (non-hydrogen) atoms. The van der Waals surface area contributed by atoms with Crippen LogP contribution in [0.5, 0.6) is 23.0 Å². The topological polar surface area (TPSA) is 300 Å². The SMILES string of the molecule is BrB(Br)Br.COC(=O)C(CC(C)C)C(C)=O.COC(=O)CC(C)=O.COc1c(F)cccc1-c1nc(C)c(CC(C)C)c(=O)[nH]1.COc1c(F)cccc1-c1nc(C)c(CC(C)C)c(=O)n1CCc1ccccc1F.COc1c(F)cccc1C(=N)N.Cc1nc(-c2cccc(F)c2O)n(CCc2ccccc2F)c(=O)c1CC(C)C. The first-order chi connectivity index (χ1) is 54.6. The van der Waals surface area contributed by atoms with Crippen molar-refractivity contribution in [3.05, 3.63) is 238 Å². The number of hydrogen-bond donors (Lipinski definition) is 4. The Balaban J connectivity index is 0.000000375. The average Bonchev–Trinajstić information content (AvgIpc) is 0.783. The summed E-state index contributed by atoms with van der Waals surface area (Å²) in [6.45, 7) is 24.6. The molecule has 0 fully saturated rings. The third-order valence-electron chi connectivity index (χ3n) is 17.0. The number of ether oxygens (including phenoxy) is 5. The number of H-pyrrole nitrogens is 1. The second kappa shape index (κ2) is 49.8. The predicted octanol–water partition coefficient (Wildman–Crippen LogP) is 17.5. The van der Waals surface area contributed by atoms with Gasteiger partial charge in [-0.3, -0.25) is 48.1 Å². The zero-order chi connectivity index (χ0) is 87.5. The van der Waals surface area contributed by atoms with Crippen LogP contribution in [0.1, 0.15) is 133 Å². The van der Waals surface area contributed by atoms with Crippen molar-refractivity contribution in [2.45, 2.75) is 148 Å². The highest BCUT2D eigenvalue weighted by molar-refractivity contribution is 9.69. The summed E-state index contributed by atoms with van der Waals surface area (Å²) in [5.74, 6) is -3.35. The Hall–Kier alpha value is -10.0. The number of ketones is 2. The molecule has 21 nitrogen and oxygen atoms in total. The zero-order valence-electron chi connectivity index (χ0n) is 68.4. The second-order valence-corrected chi connectivity index (χ2v) is 34.3. The standard InChI is InChI=1S/C24H26F2N2O2.C23H24F2N2O2.C16H19FN2O2.C9H16O3.C8H9FN2O.C5H8O3.BBr3/c1-15(2)14-19-16(3)27-23(18-9-7-11-21(26)22(18)30-4)28(24(19)29)13-12-17-8-5-6-10-20(17)25;1-14(2)13-18-15(3)26-22(17-8-6-10-20(25)21(17)28)27(23(18)29)12-11-16-7-4-5-9-19(16)24;1-9(2)8-12-10(3)18-15(19-16(12)20)11-6-5-7-13(17)14(11)21-4;1-6(2)5-8(7(3)10)9(11)12-4;1-12-7-5(8(10)11)3-2-4-6(7)9;1-4(6)3-5(7)8-2;2-1(3)4/h5-11,15H,12-14H2,1-4H3;4-10,14,28H,11-13H2,1-3H3;5-7,9H,8H2,1-4H3,(H,18,19,20);6,8H,5H2,1-4H3;2-4H,1H3,(H3,10,11);3H2,1-2H3;. The molecule has 0 spiro atoms. The molecule has 0 aliphatic heterocycles. The van der Waals surface area contributed by atoms with E-state index in [9.17, 15) is 65.0 Å². The number of aromatic amines is 1. The first kappa shape index (κ1) is 100. The molecule has 0 bridgehead atoms. The number of aryl methyl sites for hydroxylation is 5. The van der Waals surface area contributed by atoms with Crippen LogP contribution in [0.2, 0.25) is 0 Å². The summed E-state index contributed by atoms with van der Waals surface area (Å²) in [5, 5.41) is 17.3. The molecule has 9 aromatic rings. The van der Waals surface area contributed by atoms with Crippen LogP contribution in [0.3, 0.4) is 0 Å². The lowest BCUT2D eigenvalue weighted by Crippen LogP contribution is -2.29. The summed E-state index contributed by atoms with van der Waals surface area (Å²) in [5.41, 5.74) is 10.5. The predicted molar refractivity (Wildman–Crippen MR) is 452 cm³/mol. The molecule has 5 N–H and O–H groups in total. The van der Waals surface area contributed by atoms with Crippen LogP contribution in [0.15, 0.2) is 136 Å². The minimum atomic E-state index is -0.790. The van der Waals surface area contributed by atoms with Crippen molar-refractivity contribution in [2.75, 3.05) is 35.5 Å². The summed E-state index contributed by atoms with van der Waals surface area (Å²) >= 11 is 9.31. The van der Waals surface area contributed by atoms with Crippen LogP contribution in [-0.2, 0) is 73.8 Å². The number of rotatable bonds is 25. The lowest BCUT2D eigenvalue weighted by molar-refractivity contribution is -0.149. The van der Waals surface area contributed by atoms with Crippen LogP contribution in [-0.4, -0.2) is 102 Å². The van der Waals surface area contributed by atoms with Crippen molar-refractivity contribution in [2.24, 2.45) is 35.3 Å². The van der Waals surface area contributed by atoms with E-state index in [-0.39, 0.29) is 121 Å². The number of aromatic hydroxyl groups is 1. The maximum absolute atomic E-state index is 14.3. The molecule has 626 valence electrons. The van der Waals surface area contributed by atoms with E-state index in [1.807, 2.05) is 55.4 Å². The number of esters is 2. The normalized spacial score (nSPS) is 10.8. The second-order valence-electron chi connectivity index (χ2n) is 27.9. The van der Waals surface area contributed by atoms with Gasteiger partial charge in [0, 0.05) is 46.9 Å². The quantitative estimate of drug-likeness (QED) is 0.0103. The van der Waals surface area contributed by atoms with Crippen LogP contribution >= 0.6 is 47.3 Å². The highest BCUT2D eigenvalue weighted by Crippen LogP contribution is 2.34. The number of phenols is 1. The van der Waals surface area contributed by atoms with Crippen molar-refractivity contribution < 1.29 is 74.3 Å². The number of phenolic OH excluding ortho intramolecular Hbond substituents is 1. The van der Waals surface area contributed by atoms with Crippen molar-refractivity contribution >= 4 is 79.8 Å². The van der Waals surface area contributed by atoms with Gasteiger partial charge in [0.15, 0.2) is 46.3 Å². The number of amidine groups is 1. The first-order valence-electron chi connectivity index (χ1n) is 36.8. The molecule has 0 aliphatic carbocycles. The van der Waals surface area contributed by atoms with Gasteiger partial charge in [-0.1, -0.05) is 116 Å². The van der Waals surface area contributed by atoms with Gasteiger partial charge in [-0.05, 0) is 169 Å². The van der Waals surface area contributed by atoms with Crippen LogP contribution in [0.25, 0.3) is 34.2 Å². The summed E-state index contributed by atoms with van der Waals surface area (Å²) in [6, 6.07) is 30.3. The Kier molecular flexibility index (Phi) is 43.0. The van der Waals surface area contributed by atoms with E-state index in [2.05, 4.69) is 76.7 Å². The molecule has 6 aromatic carbocycles. The van der Waals surface area contributed by atoms with Crippen molar-refractivity contribution in [1.82, 2.24) is 29.1 Å². The third-order valence-corrected chi connectivity index (χ3v) is 17.0. The van der Waals surface area contributed by atoms with E-state index < -0.39 is 46.9 Å². The van der Waals surface area contributed by atoms with Crippen molar-refractivity contribution in [3.8, 4) is 57.2 Å². The molecule has 0 saturated heterocycles. The fourth-order valence-corrected chi connectivity index (χ4v) is 11.5. The van der Waals surface area contributed by atoms with E-state index in [0.29, 0.717) is 112 Å². The number of nitrogens with one attached hydrogen (secondary N) is 2. The molecule has 9 rings (SSSR count). The van der Waals surface area contributed by atoms with Crippen LogP contribution < -0.4 is 36.6 Å². The highest BCUT2D eigenvalue weighted by atomic mass is 79.9. The van der Waals surface area contributed by atoms with E-state index in [0.717, 1.165) is 6.07 Å². The molecule has 0 radical (unpaired) electrons. The molecule has 31 heteroatoms. The van der Waals surface area contributed by atoms with Crippen LogP contribution in [0.4, 0.5) is 26.3 Å². The molecule has 0 saturated carbocycles. The summed E-state index contributed by atoms with van der Waals surface area (Å²) in [4.78, 5) is 97.6. The molecule has 0 amide bonds. The number of aromatic nitrogens is 6. The number of carbonyl (C=O) groups excluding carboxylic acids is 4. The number of nitrogens with two attached hydrogens (primary N) is 1. The van der Waals surface area contributed by atoms with Gasteiger partial charge < -0.3 is 39.5 Å². The Labute approximate surface area is 698 Å². The van der Waals surface area contributed by atoms with E-state index in [1.54, 1.807) is 81.4 Å². The smallest absolute Gasteiger partial charge is 0.369 e. The van der Waals surface area contributed by atoms with E-state index >= 15 is 0 Å². The molecule has 1 unspecified atom stereocenters. The number of carbonyl (C=O) groups is 4. The van der Waals surface area contributed by atoms with Gasteiger partial charge in [-0.15, -0.1) is 47.3 Å². The molecular formula is C85H102BBr3F6N8O13. The van der Waals surface area contributed by atoms with Gasteiger partial charge in [0.25, 0.3) is 16.7 Å². The number of para-hydroxylation sites is 4. The Bertz CT molecular complexity index is 4980. The molecule has 1 atom stereocenters. The number of halogens is 9. The zero-order valence-corrected chi connectivity index (χ0v) is 73.2. The van der Waals surface area contributed by atoms with Crippen molar-refractivity contribution in [1.29, 1.82) is 5.41 Å².